The number of H-pyrrole nitrogens is 1. The van der Waals surface area contributed by atoms with Gasteiger partial charge < -0.3 is 19.5 Å². The van der Waals surface area contributed by atoms with E-state index in [1.165, 1.54) is 13.2 Å². The van der Waals surface area contributed by atoms with Crippen molar-refractivity contribution in [3.8, 4) is 17.6 Å². The lowest BCUT2D eigenvalue weighted by Crippen LogP contribution is -2.41. The molecule has 8 nitrogen and oxygen atoms in total. The van der Waals surface area contributed by atoms with Crippen molar-refractivity contribution in [2.75, 3.05) is 38.3 Å². The van der Waals surface area contributed by atoms with E-state index in [-0.39, 0.29) is 23.3 Å². The fraction of sp³-hybridized carbons (Fsp3) is 0.435. The Labute approximate surface area is 184 Å². The molecule has 2 N–H and O–H groups in total. The highest BCUT2D eigenvalue weighted by atomic mass is 19.1. The van der Waals surface area contributed by atoms with Gasteiger partial charge in [0.2, 0.25) is 5.65 Å². The molecule has 0 amide bonds. The van der Waals surface area contributed by atoms with Gasteiger partial charge in [0.05, 0.1) is 25.9 Å². The second-order valence-corrected chi connectivity index (χ2v) is 8.28. The lowest BCUT2D eigenvalue weighted by molar-refractivity contribution is 0.133. The largest absolute Gasteiger partial charge is 0.494 e. The standard InChI is InChI=1S/C23H24FN5O3/c1-31-18-4-2-3-15(19(18)24)5-6-16-20-21(28-27-16)26-22(17(13-30)25-20)29-10-7-23(8-11-29)9-12-32-14-23/h2-4,30H,7-14H2,1H3,(H,26,27,28). The highest BCUT2D eigenvalue weighted by Gasteiger charge is 2.38. The molecule has 0 radical (unpaired) electrons. The van der Waals surface area contributed by atoms with E-state index in [1.807, 2.05) is 0 Å². The fourth-order valence-corrected chi connectivity index (χ4v) is 4.44. The van der Waals surface area contributed by atoms with E-state index >= 15 is 0 Å². The van der Waals surface area contributed by atoms with Crippen LogP contribution in [0.3, 0.4) is 0 Å². The van der Waals surface area contributed by atoms with Crippen molar-refractivity contribution in [3.05, 3.63) is 41.0 Å². The Morgan fingerprint density at radius 3 is 2.81 bits per heavy atom. The van der Waals surface area contributed by atoms with Crippen LogP contribution < -0.4 is 9.64 Å². The first-order chi connectivity index (χ1) is 15.6. The monoisotopic (exact) mass is 437 g/mol. The number of nitrogens with one attached hydrogen (secondary N) is 1. The summed E-state index contributed by atoms with van der Waals surface area (Å²) in [6, 6.07) is 4.78. The van der Waals surface area contributed by atoms with E-state index in [9.17, 15) is 9.50 Å². The Hall–Kier alpha value is -3.22. The van der Waals surface area contributed by atoms with Gasteiger partial charge >= 0.3 is 0 Å². The van der Waals surface area contributed by atoms with Crippen molar-refractivity contribution in [3.63, 3.8) is 0 Å². The third-order valence-electron chi connectivity index (χ3n) is 6.40. The number of aliphatic hydroxyl groups is 1. The minimum absolute atomic E-state index is 0.130. The van der Waals surface area contributed by atoms with E-state index < -0.39 is 5.82 Å². The molecule has 2 aliphatic heterocycles. The lowest BCUT2D eigenvalue weighted by atomic mass is 9.78. The Bertz CT molecular complexity index is 1200. The molecule has 0 unspecified atom stereocenters. The summed E-state index contributed by atoms with van der Waals surface area (Å²) in [6.45, 7) is 3.09. The van der Waals surface area contributed by atoms with E-state index in [2.05, 4.69) is 36.9 Å². The van der Waals surface area contributed by atoms with Gasteiger partial charge in [0.25, 0.3) is 0 Å². The van der Waals surface area contributed by atoms with Crippen molar-refractivity contribution in [2.24, 2.45) is 5.41 Å². The van der Waals surface area contributed by atoms with E-state index in [0.717, 1.165) is 45.6 Å². The Morgan fingerprint density at radius 2 is 2.09 bits per heavy atom. The molecule has 0 atom stereocenters. The summed E-state index contributed by atoms with van der Waals surface area (Å²) in [5.74, 6) is 5.94. The molecule has 0 saturated carbocycles. The zero-order valence-electron chi connectivity index (χ0n) is 17.8. The smallest absolute Gasteiger partial charge is 0.202 e. The molecule has 5 rings (SSSR count). The second kappa shape index (κ2) is 8.37. The van der Waals surface area contributed by atoms with Gasteiger partial charge in [0.15, 0.2) is 17.4 Å². The first-order valence-electron chi connectivity index (χ1n) is 10.7. The predicted octanol–water partition coefficient (Wildman–Crippen LogP) is 2.40. The van der Waals surface area contributed by atoms with Gasteiger partial charge in [-0.05, 0) is 42.7 Å². The minimum atomic E-state index is -0.522. The normalized spacial score (nSPS) is 17.5. The SMILES string of the molecule is COc1cccc(C#Cc2[nH]nc3nc(N4CCC5(CCOC5)CC4)c(CO)nc23)c1F. The van der Waals surface area contributed by atoms with Gasteiger partial charge in [0, 0.05) is 19.7 Å². The van der Waals surface area contributed by atoms with Crippen molar-refractivity contribution in [2.45, 2.75) is 25.9 Å². The van der Waals surface area contributed by atoms with Gasteiger partial charge in [-0.1, -0.05) is 12.0 Å². The van der Waals surface area contributed by atoms with Crippen LogP contribution in [0.1, 0.15) is 36.2 Å². The number of piperidine rings is 1. The lowest BCUT2D eigenvalue weighted by Gasteiger charge is -2.39. The van der Waals surface area contributed by atoms with Crippen LogP contribution in [0.5, 0.6) is 5.75 Å². The maximum Gasteiger partial charge on any atom is 0.202 e. The summed E-state index contributed by atoms with van der Waals surface area (Å²) in [5, 5.41) is 17.0. The van der Waals surface area contributed by atoms with E-state index in [0.29, 0.717) is 28.4 Å². The number of aromatic amines is 1. The quantitative estimate of drug-likeness (QED) is 0.608. The number of hydrogen-bond donors (Lipinski definition) is 2. The second-order valence-electron chi connectivity index (χ2n) is 8.28. The third-order valence-corrected chi connectivity index (χ3v) is 6.40. The summed E-state index contributed by atoms with van der Waals surface area (Å²) in [6.07, 6.45) is 3.16. The first-order valence-corrected chi connectivity index (χ1v) is 10.7. The van der Waals surface area contributed by atoms with Crippen molar-refractivity contribution in [1.82, 2.24) is 20.2 Å². The molecule has 1 aromatic carbocycles. The van der Waals surface area contributed by atoms with Gasteiger partial charge in [0.1, 0.15) is 16.9 Å². The summed E-state index contributed by atoms with van der Waals surface area (Å²) in [4.78, 5) is 11.4. The van der Waals surface area contributed by atoms with Crippen molar-refractivity contribution in [1.29, 1.82) is 0 Å². The van der Waals surface area contributed by atoms with Gasteiger partial charge in [-0.3, -0.25) is 5.10 Å². The van der Waals surface area contributed by atoms with Crippen LogP contribution in [-0.4, -0.2) is 58.7 Å². The molecule has 1 spiro atoms. The molecule has 2 saturated heterocycles. The molecule has 9 heteroatoms. The summed E-state index contributed by atoms with van der Waals surface area (Å²) < 4.78 is 25.0. The zero-order chi connectivity index (χ0) is 22.1. The molecular weight excluding hydrogens is 413 g/mol. The Kier molecular flexibility index (Phi) is 5.41. The maximum absolute atomic E-state index is 14.4. The first kappa shape index (κ1) is 20.7. The number of fused-ring (bicyclic) bond motifs is 1. The van der Waals surface area contributed by atoms with Crippen LogP contribution in [0.2, 0.25) is 0 Å². The Balaban J connectivity index is 1.44. The third kappa shape index (κ3) is 3.66. The molecule has 2 fully saturated rings. The van der Waals surface area contributed by atoms with Crippen LogP contribution in [0.4, 0.5) is 10.2 Å². The number of nitrogens with zero attached hydrogens (tertiary/aromatic N) is 4. The number of aliphatic hydroxyl groups excluding tert-OH is 1. The molecule has 4 heterocycles. The highest BCUT2D eigenvalue weighted by molar-refractivity contribution is 5.78. The van der Waals surface area contributed by atoms with Crippen LogP contribution in [0.25, 0.3) is 11.2 Å². The maximum atomic E-state index is 14.4. The number of methoxy groups -OCH3 is 1. The molecular formula is C23H24FN5O3. The van der Waals surface area contributed by atoms with Crippen LogP contribution >= 0.6 is 0 Å². The van der Waals surface area contributed by atoms with E-state index in [4.69, 9.17) is 9.47 Å². The summed E-state index contributed by atoms with van der Waals surface area (Å²) >= 11 is 0. The fourth-order valence-electron chi connectivity index (χ4n) is 4.44. The zero-order valence-corrected chi connectivity index (χ0v) is 17.8. The average Bonchev–Trinajstić information content (AvgIpc) is 3.45. The summed E-state index contributed by atoms with van der Waals surface area (Å²) in [7, 11) is 1.41. The molecule has 2 aromatic heterocycles. The predicted molar refractivity (Wildman–Crippen MR) is 116 cm³/mol. The highest BCUT2D eigenvalue weighted by Crippen LogP contribution is 2.40. The summed E-state index contributed by atoms with van der Waals surface area (Å²) in [5.41, 5.74) is 2.24. The number of benzene rings is 1. The molecule has 166 valence electrons. The number of aromatic nitrogens is 4. The number of anilines is 1. The Morgan fingerprint density at radius 1 is 1.25 bits per heavy atom. The number of ether oxygens (including phenoxy) is 2. The van der Waals surface area contributed by atoms with Gasteiger partial charge in [-0.2, -0.15) is 5.10 Å². The van der Waals surface area contributed by atoms with Gasteiger partial charge in [-0.15, -0.1) is 0 Å². The topological polar surface area (TPSA) is 96.4 Å². The molecule has 0 aliphatic carbocycles. The molecule has 2 aliphatic rings. The van der Waals surface area contributed by atoms with Crippen LogP contribution in [-0.2, 0) is 11.3 Å². The van der Waals surface area contributed by atoms with Gasteiger partial charge in [-0.25, -0.2) is 14.4 Å². The van der Waals surface area contributed by atoms with Crippen LogP contribution in [0, 0.1) is 23.1 Å². The molecule has 0 bridgehead atoms. The van der Waals surface area contributed by atoms with Crippen molar-refractivity contribution >= 4 is 17.0 Å². The number of halogens is 1. The van der Waals surface area contributed by atoms with Crippen LogP contribution in [0.15, 0.2) is 18.2 Å². The number of hydrogen-bond acceptors (Lipinski definition) is 7. The number of rotatable bonds is 3. The molecule has 3 aromatic rings. The molecule has 32 heavy (non-hydrogen) atoms. The average molecular weight is 437 g/mol. The van der Waals surface area contributed by atoms with E-state index in [1.54, 1.807) is 12.1 Å². The minimum Gasteiger partial charge on any atom is -0.494 e. The van der Waals surface area contributed by atoms with Crippen molar-refractivity contribution < 1.29 is 19.0 Å².